The second-order valence-electron chi connectivity index (χ2n) is 6.67. The average molecular weight is 400 g/mol. The summed E-state index contributed by atoms with van der Waals surface area (Å²) in [7, 11) is 0. The Kier molecular flexibility index (Phi) is 5.66. The van der Waals surface area contributed by atoms with Crippen LogP contribution in [0.5, 0.6) is 0 Å². The number of nitrogens with one attached hydrogen (secondary N) is 4. The van der Waals surface area contributed by atoms with Crippen LogP contribution in [0.4, 0.5) is 0 Å². The van der Waals surface area contributed by atoms with Crippen molar-refractivity contribution < 1.29 is 9.59 Å². The molecule has 150 valence electrons. The van der Waals surface area contributed by atoms with Crippen LogP contribution in [-0.4, -0.2) is 34.2 Å². The monoisotopic (exact) mass is 400 g/mol. The third kappa shape index (κ3) is 4.44. The second-order valence-corrected chi connectivity index (χ2v) is 6.67. The van der Waals surface area contributed by atoms with Gasteiger partial charge in [0.05, 0.1) is 12.4 Å². The molecule has 0 aliphatic carbocycles. The number of H-pyrrole nitrogens is 2. The summed E-state index contributed by atoms with van der Waals surface area (Å²) >= 11 is 0. The molecule has 4 N–H and O–H groups in total. The van der Waals surface area contributed by atoms with Crippen LogP contribution in [-0.2, 0) is 9.59 Å². The van der Waals surface area contributed by atoms with Gasteiger partial charge >= 0.3 is 0 Å². The van der Waals surface area contributed by atoms with Gasteiger partial charge in [-0.3, -0.25) is 9.59 Å². The molecule has 0 aliphatic rings. The third-order valence-electron chi connectivity index (χ3n) is 4.61. The van der Waals surface area contributed by atoms with Gasteiger partial charge in [0, 0.05) is 58.2 Å². The number of para-hydroxylation sites is 2. The quantitative estimate of drug-likeness (QED) is 0.282. The van der Waals surface area contributed by atoms with Crippen LogP contribution in [0, 0.1) is 0 Å². The smallest absolute Gasteiger partial charge is 0.240 e. The maximum Gasteiger partial charge on any atom is 0.240 e. The maximum absolute atomic E-state index is 11.9. The fourth-order valence-corrected chi connectivity index (χ4v) is 3.09. The number of aromatic nitrogens is 2. The van der Waals surface area contributed by atoms with Gasteiger partial charge in [-0.25, -0.2) is 10.9 Å². The van der Waals surface area contributed by atoms with Gasteiger partial charge in [-0.05, 0) is 12.1 Å². The molecule has 2 amide bonds. The molecule has 4 rings (SSSR count). The first-order valence-corrected chi connectivity index (χ1v) is 9.47. The topological polar surface area (TPSA) is 114 Å². The van der Waals surface area contributed by atoms with Crippen molar-refractivity contribution in [2.75, 3.05) is 0 Å². The molecule has 30 heavy (non-hydrogen) atoms. The normalized spacial score (nSPS) is 11.6. The van der Waals surface area contributed by atoms with E-state index < -0.39 is 0 Å². The Labute approximate surface area is 172 Å². The fraction of sp³-hybridized carbons (Fsp3) is 0.0909. The lowest BCUT2D eigenvalue weighted by Gasteiger charge is -2.00. The van der Waals surface area contributed by atoms with E-state index in [9.17, 15) is 9.59 Å². The van der Waals surface area contributed by atoms with Crippen molar-refractivity contribution in [3.8, 4) is 0 Å². The van der Waals surface area contributed by atoms with E-state index in [2.05, 4.69) is 31.0 Å². The van der Waals surface area contributed by atoms with Crippen LogP contribution in [0.1, 0.15) is 24.0 Å². The van der Waals surface area contributed by atoms with Crippen molar-refractivity contribution >= 4 is 46.0 Å². The molecule has 8 heteroatoms. The minimum atomic E-state index is -0.346. The van der Waals surface area contributed by atoms with Gasteiger partial charge in [-0.2, -0.15) is 10.2 Å². The van der Waals surface area contributed by atoms with Crippen molar-refractivity contribution in [3.05, 3.63) is 72.1 Å². The number of rotatable bonds is 7. The number of nitrogens with zero attached hydrogens (tertiary/aromatic N) is 2. The largest absolute Gasteiger partial charge is 0.361 e. The first-order chi connectivity index (χ1) is 14.7. The van der Waals surface area contributed by atoms with E-state index in [1.54, 1.807) is 12.4 Å². The number of amides is 2. The van der Waals surface area contributed by atoms with Gasteiger partial charge in [0.25, 0.3) is 0 Å². The van der Waals surface area contributed by atoms with E-state index in [1.807, 2.05) is 60.9 Å². The van der Waals surface area contributed by atoms with Crippen molar-refractivity contribution in [3.63, 3.8) is 0 Å². The Morgan fingerprint density at radius 3 is 1.63 bits per heavy atom. The van der Waals surface area contributed by atoms with Crippen LogP contribution in [0.15, 0.2) is 71.1 Å². The summed E-state index contributed by atoms with van der Waals surface area (Å²) in [5, 5.41) is 9.95. The van der Waals surface area contributed by atoms with Crippen LogP contribution < -0.4 is 10.9 Å². The molecule has 0 spiro atoms. The molecule has 0 unspecified atom stereocenters. The Morgan fingerprint density at radius 1 is 0.733 bits per heavy atom. The van der Waals surface area contributed by atoms with Gasteiger partial charge in [-0.15, -0.1) is 0 Å². The molecule has 8 nitrogen and oxygen atoms in total. The van der Waals surface area contributed by atoms with E-state index in [0.717, 1.165) is 32.9 Å². The number of benzene rings is 2. The Morgan fingerprint density at radius 2 is 1.17 bits per heavy atom. The van der Waals surface area contributed by atoms with Crippen LogP contribution in [0.2, 0.25) is 0 Å². The Hall–Kier alpha value is -4.20. The summed E-state index contributed by atoms with van der Waals surface area (Å²) in [6, 6.07) is 15.6. The lowest BCUT2D eigenvalue weighted by molar-refractivity contribution is -0.126. The summed E-state index contributed by atoms with van der Waals surface area (Å²) in [5.41, 5.74) is 8.60. The Balaban J connectivity index is 1.22. The van der Waals surface area contributed by atoms with E-state index in [1.165, 1.54) is 0 Å². The molecule has 0 radical (unpaired) electrons. The minimum Gasteiger partial charge on any atom is -0.361 e. The third-order valence-corrected chi connectivity index (χ3v) is 4.61. The number of hydrogen-bond acceptors (Lipinski definition) is 4. The number of aromatic amines is 2. The van der Waals surface area contributed by atoms with Gasteiger partial charge < -0.3 is 9.97 Å². The molecule has 0 aliphatic heterocycles. The number of fused-ring (bicyclic) bond motifs is 2. The van der Waals surface area contributed by atoms with Crippen molar-refractivity contribution in [2.24, 2.45) is 10.2 Å². The molecule has 0 saturated heterocycles. The van der Waals surface area contributed by atoms with Crippen LogP contribution in [0.3, 0.4) is 0 Å². The highest BCUT2D eigenvalue weighted by atomic mass is 16.2. The van der Waals surface area contributed by atoms with Crippen molar-refractivity contribution in [1.29, 1.82) is 0 Å². The lowest BCUT2D eigenvalue weighted by atomic mass is 10.2. The highest BCUT2D eigenvalue weighted by molar-refractivity contribution is 6.00. The van der Waals surface area contributed by atoms with E-state index in [-0.39, 0.29) is 24.7 Å². The van der Waals surface area contributed by atoms with E-state index in [0.29, 0.717) is 0 Å². The lowest BCUT2D eigenvalue weighted by Crippen LogP contribution is -2.22. The predicted octanol–water partition coefficient (Wildman–Crippen LogP) is 3.03. The van der Waals surface area contributed by atoms with Crippen LogP contribution in [0.25, 0.3) is 21.8 Å². The SMILES string of the molecule is O=C(CCC(=O)NN=Cc1c[nH]c2ccccc12)NN=Cc1c[nH]c2ccccc12. The van der Waals surface area contributed by atoms with Gasteiger partial charge in [-0.1, -0.05) is 36.4 Å². The first kappa shape index (κ1) is 19.1. The molecular weight excluding hydrogens is 380 g/mol. The summed E-state index contributed by atoms with van der Waals surface area (Å²) in [5.74, 6) is -0.691. The molecule has 0 atom stereocenters. The summed E-state index contributed by atoms with van der Waals surface area (Å²) < 4.78 is 0. The highest BCUT2D eigenvalue weighted by Crippen LogP contribution is 2.16. The second kappa shape index (κ2) is 8.87. The predicted molar refractivity (Wildman–Crippen MR) is 117 cm³/mol. The molecule has 4 aromatic rings. The zero-order valence-electron chi connectivity index (χ0n) is 16.1. The first-order valence-electron chi connectivity index (χ1n) is 9.47. The maximum atomic E-state index is 11.9. The van der Waals surface area contributed by atoms with Gasteiger partial charge in [0.2, 0.25) is 11.8 Å². The van der Waals surface area contributed by atoms with Crippen LogP contribution >= 0.6 is 0 Å². The van der Waals surface area contributed by atoms with Crippen molar-refractivity contribution in [2.45, 2.75) is 12.8 Å². The van der Waals surface area contributed by atoms with Crippen molar-refractivity contribution in [1.82, 2.24) is 20.8 Å². The fourth-order valence-electron chi connectivity index (χ4n) is 3.09. The average Bonchev–Trinajstić information content (AvgIpc) is 3.37. The summed E-state index contributed by atoms with van der Waals surface area (Å²) in [6.45, 7) is 0. The van der Waals surface area contributed by atoms with E-state index in [4.69, 9.17) is 0 Å². The molecule has 2 heterocycles. The molecule has 2 aromatic heterocycles. The molecular formula is C22H20N6O2. The van der Waals surface area contributed by atoms with Gasteiger partial charge in [0.15, 0.2) is 0 Å². The summed E-state index contributed by atoms with van der Waals surface area (Å²) in [6.07, 6.45) is 6.81. The number of carbonyl (C=O) groups is 2. The zero-order valence-corrected chi connectivity index (χ0v) is 16.1. The zero-order chi connectivity index (χ0) is 20.8. The molecule has 0 saturated carbocycles. The minimum absolute atomic E-state index is 0.0136. The highest BCUT2D eigenvalue weighted by Gasteiger charge is 2.06. The summed E-state index contributed by atoms with van der Waals surface area (Å²) in [4.78, 5) is 30.0. The molecule has 2 aromatic carbocycles. The van der Waals surface area contributed by atoms with Gasteiger partial charge in [0.1, 0.15) is 0 Å². The molecule has 0 fully saturated rings. The molecule has 0 bridgehead atoms. The number of hydrazone groups is 2. The number of carbonyl (C=O) groups excluding carboxylic acids is 2. The van der Waals surface area contributed by atoms with E-state index >= 15 is 0 Å². The Bertz CT molecular complexity index is 1150. The number of hydrogen-bond donors (Lipinski definition) is 4. The standard InChI is InChI=1S/C22H20N6O2/c29-21(27-25-13-15-11-23-19-7-3-1-5-17(15)19)9-10-22(30)28-26-14-16-12-24-20-8-4-2-6-18(16)20/h1-8,11-14,23-24H,9-10H2,(H,27,29)(H,28,30).